The number of benzene rings is 1. The van der Waals surface area contributed by atoms with Crippen LogP contribution in [-0.4, -0.2) is 44.3 Å². The first-order valence-electron chi connectivity index (χ1n) is 7.11. The zero-order valence-corrected chi connectivity index (χ0v) is 12.3. The van der Waals surface area contributed by atoms with Crippen LogP contribution in [-0.2, 0) is 27.2 Å². The van der Waals surface area contributed by atoms with E-state index in [4.69, 9.17) is 9.47 Å². The van der Waals surface area contributed by atoms with E-state index in [-0.39, 0.29) is 5.97 Å². The van der Waals surface area contributed by atoms with Crippen LogP contribution in [0.25, 0.3) is 0 Å². The van der Waals surface area contributed by atoms with Gasteiger partial charge in [-0.2, -0.15) is 0 Å². The van der Waals surface area contributed by atoms with Gasteiger partial charge in [-0.15, -0.1) is 0 Å². The van der Waals surface area contributed by atoms with Gasteiger partial charge < -0.3 is 9.47 Å². The molecule has 1 saturated carbocycles. The van der Waals surface area contributed by atoms with Crippen LogP contribution in [0.2, 0.25) is 0 Å². The molecular formula is C16H23NO3. The van der Waals surface area contributed by atoms with Crippen molar-refractivity contribution in [3.8, 4) is 0 Å². The van der Waals surface area contributed by atoms with Crippen LogP contribution in [0.1, 0.15) is 24.0 Å². The van der Waals surface area contributed by atoms with Crippen molar-refractivity contribution in [2.75, 3.05) is 27.4 Å². The molecule has 0 N–H and O–H groups in total. The molecule has 1 aliphatic carbocycles. The normalized spacial score (nSPS) is 14.6. The van der Waals surface area contributed by atoms with Crippen LogP contribution in [0.5, 0.6) is 0 Å². The first kappa shape index (κ1) is 15.0. The lowest BCUT2D eigenvalue weighted by molar-refractivity contribution is -0.139. The van der Waals surface area contributed by atoms with E-state index in [1.54, 1.807) is 7.11 Å². The highest BCUT2D eigenvalue weighted by molar-refractivity contribution is 5.72. The predicted molar refractivity (Wildman–Crippen MR) is 77.5 cm³/mol. The Morgan fingerprint density at radius 2 is 1.95 bits per heavy atom. The van der Waals surface area contributed by atoms with E-state index < -0.39 is 0 Å². The van der Waals surface area contributed by atoms with Crippen LogP contribution >= 0.6 is 0 Å². The van der Waals surface area contributed by atoms with Gasteiger partial charge >= 0.3 is 5.97 Å². The second-order valence-electron chi connectivity index (χ2n) is 5.22. The standard InChI is InChI=1S/C16H23NO3/c1-19-10-9-17(15-7-8-15)12-14-6-4-3-5-13(14)11-16(18)20-2/h3-6,15H,7-12H2,1-2H3. The van der Waals surface area contributed by atoms with E-state index in [2.05, 4.69) is 11.0 Å². The molecule has 1 aromatic rings. The number of nitrogens with zero attached hydrogens (tertiary/aromatic N) is 1. The molecule has 0 saturated heterocycles. The molecule has 4 heteroatoms. The molecule has 1 fully saturated rings. The van der Waals surface area contributed by atoms with E-state index in [0.717, 1.165) is 25.3 Å². The Kier molecular flexibility index (Phi) is 5.56. The number of hydrogen-bond acceptors (Lipinski definition) is 4. The summed E-state index contributed by atoms with van der Waals surface area (Å²) in [4.78, 5) is 13.9. The van der Waals surface area contributed by atoms with Gasteiger partial charge in [0.25, 0.3) is 0 Å². The number of ether oxygens (including phenoxy) is 2. The molecule has 110 valence electrons. The lowest BCUT2D eigenvalue weighted by Gasteiger charge is -2.23. The minimum Gasteiger partial charge on any atom is -0.469 e. The number of methoxy groups -OCH3 is 2. The average Bonchev–Trinajstić information content (AvgIpc) is 3.29. The molecule has 20 heavy (non-hydrogen) atoms. The fraction of sp³-hybridized carbons (Fsp3) is 0.562. The maximum Gasteiger partial charge on any atom is 0.309 e. The van der Waals surface area contributed by atoms with Crippen molar-refractivity contribution < 1.29 is 14.3 Å². The molecule has 0 aromatic heterocycles. The summed E-state index contributed by atoms with van der Waals surface area (Å²) in [5.74, 6) is -0.188. The minimum absolute atomic E-state index is 0.188. The van der Waals surface area contributed by atoms with Gasteiger partial charge in [0, 0.05) is 26.2 Å². The van der Waals surface area contributed by atoms with Gasteiger partial charge in [0.15, 0.2) is 0 Å². The zero-order chi connectivity index (χ0) is 14.4. The quantitative estimate of drug-likeness (QED) is 0.681. The Bertz CT molecular complexity index is 443. The average molecular weight is 277 g/mol. The van der Waals surface area contributed by atoms with Crippen molar-refractivity contribution in [1.82, 2.24) is 4.90 Å². The number of carbonyl (C=O) groups is 1. The van der Waals surface area contributed by atoms with Crippen molar-refractivity contribution >= 4 is 5.97 Å². The Hall–Kier alpha value is -1.39. The van der Waals surface area contributed by atoms with Crippen molar-refractivity contribution in [3.05, 3.63) is 35.4 Å². The van der Waals surface area contributed by atoms with Crippen LogP contribution < -0.4 is 0 Å². The Labute approximate surface area is 120 Å². The van der Waals surface area contributed by atoms with Gasteiger partial charge in [0.1, 0.15) is 0 Å². The van der Waals surface area contributed by atoms with Gasteiger partial charge in [-0.1, -0.05) is 24.3 Å². The Morgan fingerprint density at radius 1 is 1.25 bits per heavy atom. The molecule has 4 nitrogen and oxygen atoms in total. The fourth-order valence-corrected chi connectivity index (χ4v) is 2.37. The van der Waals surface area contributed by atoms with Crippen molar-refractivity contribution in [1.29, 1.82) is 0 Å². The summed E-state index contributed by atoms with van der Waals surface area (Å²) in [6, 6.07) is 8.78. The largest absolute Gasteiger partial charge is 0.469 e. The van der Waals surface area contributed by atoms with E-state index in [0.29, 0.717) is 12.5 Å². The number of esters is 1. The Balaban J connectivity index is 2.04. The van der Waals surface area contributed by atoms with Crippen molar-refractivity contribution in [2.45, 2.75) is 31.8 Å². The third-order valence-electron chi connectivity index (χ3n) is 3.70. The van der Waals surface area contributed by atoms with Gasteiger partial charge in [0.2, 0.25) is 0 Å². The monoisotopic (exact) mass is 277 g/mol. The second kappa shape index (κ2) is 7.41. The Morgan fingerprint density at radius 3 is 2.55 bits per heavy atom. The molecule has 1 aliphatic rings. The van der Waals surface area contributed by atoms with Crippen LogP contribution in [0.4, 0.5) is 0 Å². The highest BCUT2D eigenvalue weighted by Crippen LogP contribution is 2.28. The maximum absolute atomic E-state index is 11.5. The third-order valence-corrected chi connectivity index (χ3v) is 3.70. The van der Waals surface area contributed by atoms with Gasteiger partial charge in [-0.25, -0.2) is 0 Å². The van der Waals surface area contributed by atoms with E-state index in [1.165, 1.54) is 25.5 Å². The fourth-order valence-electron chi connectivity index (χ4n) is 2.37. The molecule has 0 unspecified atom stereocenters. The van der Waals surface area contributed by atoms with Gasteiger partial charge in [-0.3, -0.25) is 9.69 Å². The molecule has 1 aromatic carbocycles. The van der Waals surface area contributed by atoms with Gasteiger partial charge in [0.05, 0.1) is 20.1 Å². The van der Waals surface area contributed by atoms with Crippen LogP contribution in [0.3, 0.4) is 0 Å². The summed E-state index contributed by atoms with van der Waals surface area (Å²) in [7, 11) is 3.16. The molecule has 0 atom stereocenters. The van der Waals surface area contributed by atoms with Crippen LogP contribution in [0, 0.1) is 0 Å². The molecule has 0 heterocycles. The highest BCUT2D eigenvalue weighted by Gasteiger charge is 2.29. The molecule has 0 amide bonds. The molecule has 0 bridgehead atoms. The first-order valence-corrected chi connectivity index (χ1v) is 7.11. The van der Waals surface area contributed by atoms with Gasteiger partial charge in [-0.05, 0) is 24.0 Å². The van der Waals surface area contributed by atoms with E-state index >= 15 is 0 Å². The molecule has 0 radical (unpaired) electrons. The minimum atomic E-state index is -0.188. The summed E-state index contributed by atoms with van der Waals surface area (Å²) in [6.07, 6.45) is 2.88. The van der Waals surface area contributed by atoms with Crippen molar-refractivity contribution in [2.24, 2.45) is 0 Å². The zero-order valence-electron chi connectivity index (χ0n) is 12.3. The predicted octanol–water partition coefficient (Wildman–Crippen LogP) is 2.01. The molecule has 0 spiro atoms. The van der Waals surface area contributed by atoms with E-state index in [9.17, 15) is 4.79 Å². The summed E-state index contributed by atoms with van der Waals surface area (Å²) in [6.45, 7) is 2.56. The topological polar surface area (TPSA) is 38.8 Å². The smallest absolute Gasteiger partial charge is 0.309 e. The molecular weight excluding hydrogens is 254 g/mol. The SMILES string of the molecule is COCCN(Cc1ccccc1CC(=O)OC)C1CC1. The first-order chi connectivity index (χ1) is 9.74. The maximum atomic E-state index is 11.5. The lowest BCUT2D eigenvalue weighted by Crippen LogP contribution is -2.29. The summed E-state index contributed by atoms with van der Waals surface area (Å²) < 4.78 is 9.95. The van der Waals surface area contributed by atoms with Crippen LogP contribution in [0.15, 0.2) is 24.3 Å². The van der Waals surface area contributed by atoms with E-state index in [1.807, 2.05) is 18.2 Å². The summed E-state index contributed by atoms with van der Waals surface area (Å²) in [5.41, 5.74) is 2.27. The summed E-state index contributed by atoms with van der Waals surface area (Å²) in [5, 5.41) is 0. The molecule has 0 aliphatic heterocycles. The number of rotatable bonds is 8. The third kappa shape index (κ3) is 4.32. The number of carbonyl (C=O) groups excluding carboxylic acids is 1. The lowest BCUT2D eigenvalue weighted by atomic mass is 10.0. The summed E-state index contributed by atoms with van der Waals surface area (Å²) >= 11 is 0. The molecule has 2 rings (SSSR count). The number of hydrogen-bond donors (Lipinski definition) is 0. The highest BCUT2D eigenvalue weighted by atomic mass is 16.5. The second-order valence-corrected chi connectivity index (χ2v) is 5.22. The van der Waals surface area contributed by atoms with Crippen molar-refractivity contribution in [3.63, 3.8) is 0 Å².